The SMILES string of the molecule is [B]NCCNc1ccc(/C=C/C(=O)OC)cc1[N+](=O)[O-]. The number of carbonyl (C=O) groups is 1. The second-order valence-corrected chi connectivity index (χ2v) is 3.77. The number of ether oxygens (including phenoxy) is 1. The van der Waals surface area contributed by atoms with Gasteiger partial charge in [-0.25, -0.2) is 4.79 Å². The van der Waals surface area contributed by atoms with Gasteiger partial charge in [0.1, 0.15) is 5.69 Å². The maximum atomic E-state index is 11.0. The molecule has 0 saturated carbocycles. The fourth-order valence-electron chi connectivity index (χ4n) is 1.45. The molecular formula is C12H14BN3O4. The molecule has 1 aromatic carbocycles. The first-order valence-corrected chi connectivity index (χ1v) is 5.80. The molecule has 0 aliphatic carbocycles. The smallest absolute Gasteiger partial charge is 0.330 e. The van der Waals surface area contributed by atoms with Gasteiger partial charge in [0.25, 0.3) is 5.69 Å². The van der Waals surface area contributed by atoms with E-state index in [0.717, 1.165) is 0 Å². The molecule has 0 atom stereocenters. The van der Waals surface area contributed by atoms with Crippen molar-refractivity contribution in [3.63, 3.8) is 0 Å². The maximum absolute atomic E-state index is 11.0. The highest BCUT2D eigenvalue weighted by Gasteiger charge is 2.13. The van der Waals surface area contributed by atoms with E-state index in [9.17, 15) is 14.9 Å². The summed E-state index contributed by atoms with van der Waals surface area (Å²) in [6.45, 7) is 0.926. The predicted octanol–water partition coefficient (Wildman–Crippen LogP) is 0.866. The molecule has 0 aromatic heterocycles. The van der Waals surface area contributed by atoms with Crippen LogP contribution >= 0.6 is 0 Å². The maximum Gasteiger partial charge on any atom is 0.330 e. The normalized spacial score (nSPS) is 10.4. The quantitative estimate of drug-likeness (QED) is 0.191. The summed E-state index contributed by atoms with van der Waals surface area (Å²) in [5.74, 6) is -0.524. The molecule has 0 aliphatic heterocycles. The third kappa shape index (κ3) is 4.73. The molecule has 0 unspecified atom stereocenters. The fraction of sp³-hybridized carbons (Fsp3) is 0.250. The summed E-state index contributed by atoms with van der Waals surface area (Å²) < 4.78 is 4.45. The van der Waals surface area contributed by atoms with Crippen molar-refractivity contribution in [2.24, 2.45) is 0 Å². The van der Waals surface area contributed by atoms with Gasteiger partial charge in [-0.05, 0) is 17.7 Å². The van der Waals surface area contributed by atoms with Crippen LogP contribution in [0.25, 0.3) is 6.08 Å². The molecule has 20 heavy (non-hydrogen) atoms. The van der Waals surface area contributed by atoms with E-state index in [1.54, 1.807) is 12.1 Å². The Morgan fingerprint density at radius 2 is 2.25 bits per heavy atom. The Labute approximate surface area is 117 Å². The van der Waals surface area contributed by atoms with Gasteiger partial charge in [-0.1, -0.05) is 6.07 Å². The van der Waals surface area contributed by atoms with Gasteiger partial charge in [-0.15, -0.1) is 0 Å². The van der Waals surface area contributed by atoms with Crippen molar-refractivity contribution in [3.8, 4) is 0 Å². The van der Waals surface area contributed by atoms with Gasteiger partial charge in [0.2, 0.25) is 0 Å². The molecule has 0 aliphatic rings. The number of rotatable bonds is 7. The molecule has 0 amide bonds. The van der Waals surface area contributed by atoms with E-state index in [1.165, 1.54) is 25.3 Å². The van der Waals surface area contributed by atoms with Gasteiger partial charge >= 0.3 is 5.97 Å². The molecule has 0 bridgehead atoms. The summed E-state index contributed by atoms with van der Waals surface area (Å²) in [7, 11) is 6.38. The second-order valence-electron chi connectivity index (χ2n) is 3.77. The van der Waals surface area contributed by atoms with Crippen molar-refractivity contribution >= 4 is 31.4 Å². The number of benzene rings is 1. The number of carbonyl (C=O) groups excluding carboxylic acids is 1. The Morgan fingerprint density at radius 3 is 2.85 bits per heavy atom. The van der Waals surface area contributed by atoms with Crippen LogP contribution in [0.1, 0.15) is 5.56 Å². The first-order chi connectivity index (χ1) is 9.58. The first kappa shape index (κ1) is 15.7. The fourth-order valence-corrected chi connectivity index (χ4v) is 1.45. The van der Waals surface area contributed by atoms with E-state index in [-0.39, 0.29) is 5.69 Å². The van der Waals surface area contributed by atoms with Gasteiger partial charge < -0.3 is 15.3 Å². The molecule has 0 fully saturated rings. The van der Waals surface area contributed by atoms with E-state index in [1.807, 2.05) is 0 Å². The number of hydrogen-bond acceptors (Lipinski definition) is 6. The molecule has 1 rings (SSSR count). The van der Waals surface area contributed by atoms with E-state index in [0.29, 0.717) is 24.3 Å². The van der Waals surface area contributed by atoms with Crippen LogP contribution in [-0.4, -0.2) is 39.1 Å². The third-order valence-corrected chi connectivity index (χ3v) is 2.42. The second kappa shape index (κ2) is 7.95. The number of esters is 1. The Balaban J connectivity index is 2.92. The summed E-state index contributed by atoms with van der Waals surface area (Å²) in [5, 5.41) is 16.4. The van der Waals surface area contributed by atoms with Crippen molar-refractivity contribution < 1.29 is 14.5 Å². The summed E-state index contributed by atoms with van der Waals surface area (Å²) in [4.78, 5) is 21.5. The van der Waals surface area contributed by atoms with Crippen molar-refractivity contribution in [2.45, 2.75) is 0 Å². The van der Waals surface area contributed by atoms with E-state index >= 15 is 0 Å². The van der Waals surface area contributed by atoms with Crippen LogP contribution in [0.4, 0.5) is 11.4 Å². The van der Waals surface area contributed by atoms with Crippen LogP contribution in [0.5, 0.6) is 0 Å². The minimum absolute atomic E-state index is 0.0750. The molecule has 0 heterocycles. The zero-order valence-corrected chi connectivity index (χ0v) is 11.0. The van der Waals surface area contributed by atoms with Crippen molar-refractivity contribution in [1.29, 1.82) is 0 Å². The lowest BCUT2D eigenvalue weighted by Crippen LogP contribution is -2.19. The number of anilines is 1. The molecule has 2 N–H and O–H groups in total. The lowest BCUT2D eigenvalue weighted by atomic mass is 10.1. The average Bonchev–Trinajstić information content (AvgIpc) is 2.45. The van der Waals surface area contributed by atoms with Crippen LogP contribution in [0.15, 0.2) is 24.3 Å². The van der Waals surface area contributed by atoms with Crippen LogP contribution in [0.2, 0.25) is 0 Å². The van der Waals surface area contributed by atoms with Gasteiger partial charge in [0.15, 0.2) is 7.98 Å². The van der Waals surface area contributed by atoms with Gasteiger partial charge in [0, 0.05) is 25.2 Å². The van der Waals surface area contributed by atoms with E-state index in [2.05, 4.69) is 15.3 Å². The van der Waals surface area contributed by atoms with Crippen LogP contribution < -0.4 is 10.5 Å². The highest BCUT2D eigenvalue weighted by atomic mass is 16.6. The highest BCUT2D eigenvalue weighted by molar-refractivity contribution is 6.04. The van der Waals surface area contributed by atoms with E-state index in [4.69, 9.17) is 7.98 Å². The van der Waals surface area contributed by atoms with Gasteiger partial charge in [-0.2, -0.15) is 0 Å². The zero-order valence-electron chi connectivity index (χ0n) is 11.0. The molecule has 0 saturated heterocycles. The summed E-state index contributed by atoms with van der Waals surface area (Å²) in [6.07, 6.45) is 2.65. The average molecular weight is 275 g/mol. The summed E-state index contributed by atoms with van der Waals surface area (Å²) >= 11 is 0. The molecule has 104 valence electrons. The number of nitro groups is 1. The highest BCUT2D eigenvalue weighted by Crippen LogP contribution is 2.25. The van der Waals surface area contributed by atoms with Crippen LogP contribution in [0, 0.1) is 10.1 Å². The molecule has 8 heteroatoms. The Kier molecular flexibility index (Phi) is 6.25. The summed E-state index contributed by atoms with van der Waals surface area (Å²) in [5.41, 5.74) is 0.846. The Morgan fingerprint density at radius 1 is 1.50 bits per heavy atom. The van der Waals surface area contributed by atoms with Crippen LogP contribution in [-0.2, 0) is 9.53 Å². The van der Waals surface area contributed by atoms with Gasteiger partial charge in [-0.3, -0.25) is 10.1 Å². The number of hydrogen-bond donors (Lipinski definition) is 2. The first-order valence-electron chi connectivity index (χ1n) is 5.80. The molecule has 2 radical (unpaired) electrons. The Hall–Kier alpha value is -2.35. The van der Waals surface area contributed by atoms with Crippen LogP contribution in [0.3, 0.4) is 0 Å². The number of nitro benzene ring substituents is 1. The lowest BCUT2D eigenvalue weighted by Gasteiger charge is -2.07. The minimum atomic E-state index is -0.524. The molecular weight excluding hydrogens is 261 g/mol. The minimum Gasteiger partial charge on any atom is -0.466 e. The lowest BCUT2D eigenvalue weighted by molar-refractivity contribution is -0.384. The summed E-state index contributed by atoms with van der Waals surface area (Å²) in [6, 6.07) is 4.61. The largest absolute Gasteiger partial charge is 0.466 e. The van der Waals surface area contributed by atoms with Crippen molar-refractivity contribution in [2.75, 3.05) is 25.5 Å². The standard InChI is InChI=1S/C12H14BN3O4/c1-20-12(17)5-3-9-2-4-10(14-6-7-15-13)11(8-9)16(18)19/h2-5,8,14-15H,6-7H2,1H3/b5-3+. The third-order valence-electron chi connectivity index (χ3n) is 2.42. The number of nitrogens with zero attached hydrogens (tertiary/aromatic N) is 1. The van der Waals surface area contributed by atoms with E-state index < -0.39 is 10.9 Å². The number of nitrogens with one attached hydrogen (secondary N) is 2. The van der Waals surface area contributed by atoms with Gasteiger partial charge in [0.05, 0.1) is 12.0 Å². The number of methoxy groups -OCH3 is 1. The molecule has 1 aromatic rings. The topological polar surface area (TPSA) is 93.5 Å². The monoisotopic (exact) mass is 275 g/mol. The molecule has 0 spiro atoms. The predicted molar refractivity (Wildman–Crippen MR) is 76.4 cm³/mol. The molecule has 7 nitrogen and oxygen atoms in total. The Bertz CT molecular complexity index is 519. The van der Waals surface area contributed by atoms with Crippen molar-refractivity contribution in [1.82, 2.24) is 5.23 Å². The van der Waals surface area contributed by atoms with Crippen molar-refractivity contribution in [3.05, 3.63) is 40.0 Å². The zero-order chi connectivity index (χ0) is 15.0.